The molecule has 0 heterocycles. The molecule has 0 N–H and O–H groups in total. The molecule has 0 aromatic heterocycles. The molecule has 0 saturated heterocycles. The van der Waals surface area contributed by atoms with Crippen molar-refractivity contribution in [2.45, 2.75) is 6.04 Å². The summed E-state index contributed by atoms with van der Waals surface area (Å²) in [7, 11) is 0. The van der Waals surface area contributed by atoms with Gasteiger partial charge in [-0.05, 0) is 70.6 Å². The number of nitrogens with zero attached hydrogens (tertiary/aromatic N) is 1. The van der Waals surface area contributed by atoms with Gasteiger partial charge in [-0.25, -0.2) is 4.39 Å². The van der Waals surface area contributed by atoms with Gasteiger partial charge in [0, 0.05) is 14.7 Å². The summed E-state index contributed by atoms with van der Waals surface area (Å²) >= 11 is 2.06. The van der Waals surface area contributed by atoms with Crippen molar-refractivity contribution in [3.05, 3.63) is 135 Å². The monoisotopic (exact) mass is 531 g/mol. The van der Waals surface area contributed by atoms with E-state index in [-0.39, 0.29) is 11.7 Å². The topological polar surface area (TPSA) is 20.3 Å². The average Bonchev–Trinajstić information content (AvgIpc) is 2.84. The Morgan fingerprint density at radius 2 is 1.41 bits per heavy atom. The molecule has 0 radical (unpaired) electrons. The molecule has 0 spiro atoms. The van der Waals surface area contributed by atoms with Gasteiger partial charge in [0.2, 0.25) is 0 Å². The van der Waals surface area contributed by atoms with Crippen molar-refractivity contribution < 1.29 is 9.18 Å². The van der Waals surface area contributed by atoms with Crippen LogP contribution in [0.2, 0.25) is 0 Å². The van der Waals surface area contributed by atoms with Crippen LogP contribution in [0.1, 0.15) is 27.5 Å². The lowest BCUT2D eigenvalue weighted by Crippen LogP contribution is -2.35. The fourth-order valence-corrected chi connectivity index (χ4v) is 4.10. The van der Waals surface area contributed by atoms with Crippen LogP contribution in [0.15, 0.2) is 109 Å². The molecule has 1 amide bonds. The molecule has 0 aliphatic rings. The van der Waals surface area contributed by atoms with E-state index in [9.17, 15) is 9.18 Å². The number of anilines is 1. The van der Waals surface area contributed by atoms with Gasteiger partial charge in [0.25, 0.3) is 5.91 Å². The van der Waals surface area contributed by atoms with E-state index in [2.05, 4.69) is 34.4 Å². The Morgan fingerprint density at radius 1 is 0.812 bits per heavy atom. The number of carbonyl (C=O) groups excluding carboxylic acids is 1. The summed E-state index contributed by atoms with van der Waals surface area (Å²) < 4.78 is 14.5. The maximum Gasteiger partial charge on any atom is 0.259 e. The number of amides is 1. The van der Waals surface area contributed by atoms with Crippen molar-refractivity contribution >= 4 is 34.2 Å². The van der Waals surface area contributed by atoms with Crippen LogP contribution in [0.25, 0.3) is 0 Å². The minimum Gasteiger partial charge on any atom is -0.289 e. The minimum absolute atomic E-state index is 0.202. The van der Waals surface area contributed by atoms with Gasteiger partial charge in [-0.1, -0.05) is 78.6 Å². The third kappa shape index (κ3) is 5.06. The van der Waals surface area contributed by atoms with Crippen molar-refractivity contribution in [3.8, 4) is 11.8 Å². The highest BCUT2D eigenvalue weighted by molar-refractivity contribution is 14.1. The summed E-state index contributed by atoms with van der Waals surface area (Å²) in [6.45, 7) is 0. The zero-order chi connectivity index (χ0) is 22.3. The number of halogens is 2. The van der Waals surface area contributed by atoms with Crippen molar-refractivity contribution in [3.63, 3.8) is 0 Å². The van der Waals surface area contributed by atoms with Crippen LogP contribution in [0.3, 0.4) is 0 Å². The highest BCUT2D eigenvalue weighted by Gasteiger charge is 2.28. The van der Waals surface area contributed by atoms with Crippen LogP contribution in [-0.2, 0) is 0 Å². The molecule has 0 bridgehead atoms. The van der Waals surface area contributed by atoms with Crippen LogP contribution < -0.4 is 4.90 Å². The van der Waals surface area contributed by atoms with Gasteiger partial charge in [0.15, 0.2) is 0 Å². The quantitative estimate of drug-likeness (QED) is 0.208. The predicted octanol–water partition coefficient (Wildman–Crippen LogP) is 6.87. The van der Waals surface area contributed by atoms with Crippen LogP contribution in [0, 0.1) is 21.2 Å². The second-order valence-corrected chi connectivity index (χ2v) is 8.25. The van der Waals surface area contributed by atoms with Gasteiger partial charge < -0.3 is 0 Å². The predicted molar refractivity (Wildman–Crippen MR) is 135 cm³/mol. The summed E-state index contributed by atoms with van der Waals surface area (Å²) in [6.07, 6.45) is 0. The highest BCUT2D eigenvalue weighted by atomic mass is 127. The number of hydrogen-bond acceptors (Lipinski definition) is 1. The van der Waals surface area contributed by atoms with Crippen molar-refractivity contribution in [1.29, 1.82) is 0 Å². The van der Waals surface area contributed by atoms with Crippen molar-refractivity contribution in [2.75, 3.05) is 4.90 Å². The van der Waals surface area contributed by atoms with E-state index < -0.39 is 6.04 Å². The third-order valence-corrected chi connectivity index (χ3v) is 5.77. The molecule has 156 valence electrons. The molecule has 0 aliphatic carbocycles. The molecule has 2 nitrogen and oxygen atoms in total. The van der Waals surface area contributed by atoms with E-state index >= 15 is 0 Å². The van der Waals surface area contributed by atoms with Gasteiger partial charge in [-0.15, -0.1) is 0 Å². The maximum atomic E-state index is 13.9. The molecule has 4 aromatic carbocycles. The first-order valence-electron chi connectivity index (χ1n) is 10.1. The molecular formula is C28H19FINO. The van der Waals surface area contributed by atoms with E-state index in [1.165, 1.54) is 12.1 Å². The maximum absolute atomic E-state index is 13.9. The summed E-state index contributed by atoms with van der Waals surface area (Å²) in [5.74, 6) is 5.96. The molecule has 4 aromatic rings. The largest absolute Gasteiger partial charge is 0.289 e. The molecule has 4 heteroatoms. The first-order chi connectivity index (χ1) is 15.6. The Morgan fingerprint density at radius 3 is 2.03 bits per heavy atom. The van der Waals surface area contributed by atoms with Crippen molar-refractivity contribution in [1.82, 2.24) is 0 Å². The third-order valence-electron chi connectivity index (χ3n) is 4.91. The molecule has 1 atom stereocenters. The van der Waals surface area contributed by atoms with Crippen molar-refractivity contribution in [2.24, 2.45) is 0 Å². The van der Waals surface area contributed by atoms with Crippen LogP contribution >= 0.6 is 22.6 Å². The van der Waals surface area contributed by atoms with Crippen LogP contribution in [0.4, 0.5) is 10.1 Å². The molecule has 0 aliphatic heterocycles. The first-order valence-corrected chi connectivity index (χ1v) is 11.2. The Hall–Kier alpha value is -3.43. The smallest absolute Gasteiger partial charge is 0.259 e. The Bertz CT molecular complexity index is 1260. The molecular weight excluding hydrogens is 512 g/mol. The van der Waals surface area contributed by atoms with E-state index in [0.717, 1.165) is 11.1 Å². The summed E-state index contributed by atoms with van der Waals surface area (Å²) in [6, 6.07) is 32.3. The number of rotatable bonds is 4. The van der Waals surface area contributed by atoms with E-state index in [1.807, 2.05) is 78.9 Å². The van der Waals surface area contributed by atoms with Gasteiger partial charge in [-0.3, -0.25) is 9.69 Å². The van der Waals surface area contributed by atoms with Gasteiger partial charge in [0.1, 0.15) is 11.9 Å². The zero-order valence-electron chi connectivity index (χ0n) is 17.1. The normalized spacial score (nSPS) is 11.2. The van der Waals surface area contributed by atoms with E-state index in [0.29, 0.717) is 14.8 Å². The standard InChI is InChI=1S/C28H19FINO/c29-24-17-19-27(25(30)20-24)31(28(32)23-14-8-3-9-15-23)26(22-12-6-2-7-13-22)18-16-21-10-4-1-5-11-21/h1-15,17,19-20,26H. The van der Waals surface area contributed by atoms with Crippen LogP contribution in [0.5, 0.6) is 0 Å². The Kier molecular flexibility index (Phi) is 6.98. The van der Waals surface area contributed by atoms with Gasteiger partial charge in [0.05, 0.1) is 5.69 Å². The summed E-state index contributed by atoms with van der Waals surface area (Å²) in [5.41, 5.74) is 2.88. The highest BCUT2D eigenvalue weighted by Crippen LogP contribution is 2.33. The number of benzene rings is 4. The lowest BCUT2D eigenvalue weighted by atomic mass is 10.0. The number of hydrogen-bond donors (Lipinski definition) is 0. The summed E-state index contributed by atoms with van der Waals surface area (Å²) in [4.78, 5) is 15.4. The van der Waals surface area contributed by atoms with Gasteiger partial charge >= 0.3 is 0 Å². The fourth-order valence-electron chi connectivity index (χ4n) is 3.37. The second-order valence-electron chi connectivity index (χ2n) is 7.09. The lowest BCUT2D eigenvalue weighted by molar-refractivity contribution is 0.0981. The first kappa shape index (κ1) is 21.8. The molecule has 0 saturated carbocycles. The number of carbonyl (C=O) groups is 1. The van der Waals surface area contributed by atoms with Crippen LogP contribution in [-0.4, -0.2) is 5.91 Å². The summed E-state index contributed by atoms with van der Waals surface area (Å²) in [5, 5.41) is 0. The minimum atomic E-state index is -0.567. The second kappa shape index (κ2) is 10.3. The SMILES string of the molecule is O=C(c1ccccc1)N(c1ccc(F)cc1I)C(C#Cc1ccccc1)c1ccccc1. The molecule has 1 unspecified atom stereocenters. The van der Waals surface area contributed by atoms with E-state index in [4.69, 9.17) is 0 Å². The lowest BCUT2D eigenvalue weighted by Gasteiger charge is -2.30. The molecule has 32 heavy (non-hydrogen) atoms. The molecule has 4 rings (SSSR count). The Labute approximate surface area is 200 Å². The molecule has 0 fully saturated rings. The fraction of sp³-hybridized carbons (Fsp3) is 0.0357. The zero-order valence-corrected chi connectivity index (χ0v) is 19.2. The van der Waals surface area contributed by atoms with E-state index in [1.54, 1.807) is 23.1 Å². The Balaban J connectivity index is 1.90. The van der Waals surface area contributed by atoms with Gasteiger partial charge in [-0.2, -0.15) is 0 Å². The average molecular weight is 531 g/mol.